The van der Waals surface area contributed by atoms with Crippen LogP contribution in [0.5, 0.6) is 0 Å². The number of halogens is 1. The summed E-state index contributed by atoms with van der Waals surface area (Å²) in [4.78, 5) is 23.3. The van der Waals surface area contributed by atoms with Crippen LogP contribution in [0.4, 0.5) is 11.8 Å². The van der Waals surface area contributed by atoms with Crippen molar-refractivity contribution < 1.29 is 14.6 Å². The Hall–Kier alpha value is -1.64. The Bertz CT molecular complexity index is 808. The number of rotatable bonds is 3. The molecule has 2 saturated heterocycles. The van der Waals surface area contributed by atoms with Gasteiger partial charge in [-0.15, -0.1) is 0 Å². The van der Waals surface area contributed by atoms with Gasteiger partial charge in [-0.05, 0) is 46.0 Å². The maximum atomic E-state index is 12.8. The number of hydrogen-bond donors (Lipinski definition) is 3. The fourth-order valence-corrected chi connectivity index (χ4v) is 5.46. The fourth-order valence-electron chi connectivity index (χ4n) is 5.25. The minimum atomic E-state index is -0.779. The minimum Gasteiger partial charge on any atom is -0.388 e. The summed E-state index contributed by atoms with van der Waals surface area (Å²) in [6.45, 7) is 5.52. The number of aryl methyl sites for hydroxylation is 1. The molecular weight excluding hydrogens is 406 g/mol. The Morgan fingerprint density at radius 3 is 2.60 bits per heavy atom. The third-order valence-corrected chi connectivity index (χ3v) is 7.62. The van der Waals surface area contributed by atoms with Crippen LogP contribution in [0, 0.1) is 12.8 Å². The number of anilines is 2. The molecule has 1 aromatic rings. The Morgan fingerprint density at radius 1 is 1.27 bits per heavy atom. The number of nitrogens with zero attached hydrogens (tertiary/aromatic N) is 3. The van der Waals surface area contributed by atoms with E-state index in [0.717, 1.165) is 25.7 Å². The predicted molar refractivity (Wildman–Crippen MR) is 115 cm³/mol. The minimum absolute atomic E-state index is 0.0715. The van der Waals surface area contributed by atoms with Gasteiger partial charge in [0.2, 0.25) is 11.9 Å². The zero-order valence-electron chi connectivity index (χ0n) is 17.8. The van der Waals surface area contributed by atoms with E-state index in [9.17, 15) is 9.90 Å². The second-order valence-corrected chi connectivity index (χ2v) is 9.62. The van der Waals surface area contributed by atoms with E-state index in [1.165, 1.54) is 0 Å². The summed E-state index contributed by atoms with van der Waals surface area (Å²) in [5, 5.41) is 15.0. The molecule has 9 heteroatoms. The molecule has 30 heavy (non-hydrogen) atoms. The van der Waals surface area contributed by atoms with Crippen LogP contribution in [0.3, 0.4) is 0 Å². The van der Waals surface area contributed by atoms with Gasteiger partial charge >= 0.3 is 0 Å². The number of nitrogens with two attached hydrogens (primary N) is 1. The van der Waals surface area contributed by atoms with Crippen molar-refractivity contribution in [2.45, 2.75) is 76.0 Å². The lowest BCUT2D eigenvalue weighted by Crippen LogP contribution is -2.69. The molecule has 1 spiro atoms. The molecule has 4 N–H and O–H groups in total. The Balaban J connectivity index is 1.47. The standard InChI is InChI=1S/C21H32ClN5O3/c1-13-15(22)16(25-19(23)24-13)27-10-7-21(8-11-27)18(29)20(2,9-12-30-21)26-17(28)14-5-3-4-6-14/h14,18,29H,3-12H2,1-2H3,(H,26,28)(H2,23,24,25)/t18-,20+/m0/s1. The van der Waals surface area contributed by atoms with E-state index in [4.69, 9.17) is 22.1 Å². The van der Waals surface area contributed by atoms with Crippen LogP contribution in [0.25, 0.3) is 0 Å². The van der Waals surface area contributed by atoms with Crippen LogP contribution >= 0.6 is 11.6 Å². The highest BCUT2D eigenvalue weighted by atomic mass is 35.5. The molecular formula is C21H32ClN5O3. The molecule has 2 atom stereocenters. The first-order valence-electron chi connectivity index (χ1n) is 10.9. The van der Waals surface area contributed by atoms with E-state index < -0.39 is 17.2 Å². The van der Waals surface area contributed by atoms with Gasteiger partial charge in [0.1, 0.15) is 11.1 Å². The quantitative estimate of drug-likeness (QED) is 0.664. The molecule has 4 rings (SSSR count). The van der Waals surface area contributed by atoms with Crippen molar-refractivity contribution in [3.63, 3.8) is 0 Å². The molecule has 1 aromatic heterocycles. The van der Waals surface area contributed by atoms with Crippen molar-refractivity contribution >= 4 is 29.3 Å². The molecule has 0 aromatic carbocycles. The molecule has 0 bridgehead atoms. The number of carbonyl (C=O) groups is 1. The molecule has 2 aliphatic heterocycles. The number of aliphatic hydroxyl groups excluding tert-OH is 1. The highest BCUT2D eigenvalue weighted by Gasteiger charge is 2.54. The van der Waals surface area contributed by atoms with Gasteiger partial charge in [-0.3, -0.25) is 4.79 Å². The highest BCUT2D eigenvalue weighted by molar-refractivity contribution is 6.33. The Labute approximate surface area is 182 Å². The lowest BCUT2D eigenvalue weighted by atomic mass is 9.73. The summed E-state index contributed by atoms with van der Waals surface area (Å²) in [7, 11) is 0. The van der Waals surface area contributed by atoms with Crippen LogP contribution in [-0.2, 0) is 9.53 Å². The maximum absolute atomic E-state index is 12.8. The zero-order valence-corrected chi connectivity index (χ0v) is 18.5. The van der Waals surface area contributed by atoms with Crippen molar-refractivity contribution in [3.8, 4) is 0 Å². The van der Waals surface area contributed by atoms with Crippen LogP contribution < -0.4 is 16.0 Å². The maximum Gasteiger partial charge on any atom is 0.223 e. The van der Waals surface area contributed by atoms with E-state index in [-0.39, 0.29) is 17.8 Å². The third kappa shape index (κ3) is 3.85. The highest BCUT2D eigenvalue weighted by Crippen LogP contribution is 2.42. The zero-order chi connectivity index (χ0) is 21.5. The number of amides is 1. The van der Waals surface area contributed by atoms with E-state index in [1.807, 2.05) is 13.8 Å². The second-order valence-electron chi connectivity index (χ2n) is 9.25. The topological polar surface area (TPSA) is 114 Å². The lowest BCUT2D eigenvalue weighted by molar-refractivity contribution is -0.199. The van der Waals surface area contributed by atoms with Crippen LogP contribution in [0.1, 0.15) is 57.6 Å². The molecule has 8 nitrogen and oxygen atoms in total. The number of aromatic nitrogens is 2. The summed E-state index contributed by atoms with van der Waals surface area (Å²) in [5.41, 5.74) is 5.09. The van der Waals surface area contributed by atoms with Gasteiger partial charge in [0, 0.05) is 25.6 Å². The van der Waals surface area contributed by atoms with Crippen LogP contribution in [-0.4, -0.2) is 57.9 Å². The Morgan fingerprint density at radius 2 is 1.93 bits per heavy atom. The third-order valence-electron chi connectivity index (χ3n) is 7.17. The predicted octanol–water partition coefficient (Wildman–Crippen LogP) is 2.21. The van der Waals surface area contributed by atoms with Gasteiger partial charge in [-0.2, -0.15) is 4.98 Å². The van der Waals surface area contributed by atoms with Crippen molar-refractivity contribution in [3.05, 3.63) is 10.7 Å². The summed E-state index contributed by atoms with van der Waals surface area (Å²) in [5.74, 6) is 0.966. The van der Waals surface area contributed by atoms with E-state index >= 15 is 0 Å². The monoisotopic (exact) mass is 437 g/mol. The van der Waals surface area contributed by atoms with Crippen molar-refractivity contribution in [1.82, 2.24) is 15.3 Å². The lowest BCUT2D eigenvalue weighted by Gasteiger charge is -2.54. The molecule has 1 saturated carbocycles. The first kappa shape index (κ1) is 21.6. The van der Waals surface area contributed by atoms with Crippen LogP contribution in [0.15, 0.2) is 0 Å². The molecule has 3 heterocycles. The molecule has 0 radical (unpaired) electrons. The average molecular weight is 438 g/mol. The van der Waals surface area contributed by atoms with E-state index in [2.05, 4.69) is 20.2 Å². The average Bonchev–Trinajstić information content (AvgIpc) is 3.25. The van der Waals surface area contributed by atoms with Crippen molar-refractivity contribution in [2.24, 2.45) is 5.92 Å². The molecule has 1 amide bonds. The summed E-state index contributed by atoms with van der Waals surface area (Å²) < 4.78 is 6.16. The number of carbonyl (C=O) groups excluding carboxylic acids is 1. The number of piperidine rings is 1. The number of nitrogens with one attached hydrogen (secondary N) is 1. The van der Waals surface area contributed by atoms with Gasteiger partial charge in [0.25, 0.3) is 0 Å². The van der Waals surface area contributed by atoms with Gasteiger partial charge in [0.05, 0.1) is 16.8 Å². The molecule has 3 fully saturated rings. The van der Waals surface area contributed by atoms with Crippen molar-refractivity contribution in [2.75, 3.05) is 30.3 Å². The molecule has 0 unspecified atom stereocenters. The SMILES string of the molecule is Cc1nc(N)nc(N2CCC3(CC2)OCC[C@@](C)(NC(=O)C2CCCC2)[C@@H]3O)c1Cl. The van der Waals surface area contributed by atoms with E-state index in [1.54, 1.807) is 0 Å². The first-order valence-corrected chi connectivity index (χ1v) is 11.3. The molecule has 1 aliphatic carbocycles. The molecule has 3 aliphatic rings. The van der Waals surface area contributed by atoms with Crippen molar-refractivity contribution in [1.29, 1.82) is 0 Å². The number of hydrogen-bond acceptors (Lipinski definition) is 7. The van der Waals surface area contributed by atoms with Gasteiger partial charge in [-0.1, -0.05) is 24.4 Å². The number of aliphatic hydroxyl groups is 1. The summed E-state index contributed by atoms with van der Waals surface area (Å²) >= 11 is 6.42. The largest absolute Gasteiger partial charge is 0.388 e. The van der Waals surface area contributed by atoms with Gasteiger partial charge in [-0.25, -0.2) is 4.98 Å². The number of nitrogen functional groups attached to an aromatic ring is 1. The number of ether oxygens (including phenoxy) is 1. The van der Waals surface area contributed by atoms with E-state index in [0.29, 0.717) is 55.5 Å². The fraction of sp³-hybridized carbons (Fsp3) is 0.762. The smallest absolute Gasteiger partial charge is 0.223 e. The second kappa shape index (κ2) is 8.13. The Kier molecular flexibility index (Phi) is 5.85. The van der Waals surface area contributed by atoms with Gasteiger partial charge in [0.15, 0.2) is 5.82 Å². The first-order chi connectivity index (χ1) is 14.2. The normalized spacial score (nSPS) is 29.3. The van der Waals surface area contributed by atoms with Gasteiger partial charge < -0.3 is 25.8 Å². The summed E-state index contributed by atoms with van der Waals surface area (Å²) in [6, 6.07) is 0. The van der Waals surface area contributed by atoms with Crippen LogP contribution in [0.2, 0.25) is 5.02 Å². The summed E-state index contributed by atoms with van der Waals surface area (Å²) in [6.07, 6.45) is 5.15. The molecule has 166 valence electrons.